The molecule has 1 aromatic rings. The fourth-order valence-corrected chi connectivity index (χ4v) is 1.19. The highest BCUT2D eigenvalue weighted by Crippen LogP contribution is 2.33. The zero-order valence-corrected chi connectivity index (χ0v) is 8.33. The molecular formula is C8H8ClNO4. The summed E-state index contributed by atoms with van der Waals surface area (Å²) in [4.78, 5) is 14.2. The van der Waals surface area contributed by atoms with Crippen molar-refractivity contribution in [3.05, 3.63) is 16.9 Å². The van der Waals surface area contributed by atoms with Crippen LogP contribution >= 0.6 is 11.6 Å². The third kappa shape index (κ3) is 1.88. The van der Waals surface area contributed by atoms with Crippen LogP contribution in [-0.4, -0.2) is 30.3 Å². The Morgan fingerprint density at radius 1 is 1.50 bits per heavy atom. The monoisotopic (exact) mass is 217 g/mol. The average Bonchev–Trinajstić information content (AvgIpc) is 2.16. The van der Waals surface area contributed by atoms with E-state index in [0.29, 0.717) is 0 Å². The lowest BCUT2D eigenvalue weighted by atomic mass is 10.3. The lowest BCUT2D eigenvalue weighted by Crippen LogP contribution is -2.03. The first-order valence-electron chi connectivity index (χ1n) is 3.62. The SMILES string of the molecule is COc1cc(C(=O)O)nc(Cl)c1OC. The number of carbonyl (C=O) groups is 1. The molecule has 0 aliphatic carbocycles. The van der Waals surface area contributed by atoms with Crippen LogP contribution in [0.15, 0.2) is 6.07 Å². The summed E-state index contributed by atoms with van der Waals surface area (Å²) in [5.74, 6) is -0.711. The molecule has 6 heteroatoms. The molecule has 0 radical (unpaired) electrons. The zero-order valence-electron chi connectivity index (χ0n) is 7.57. The van der Waals surface area contributed by atoms with Crippen LogP contribution in [0.2, 0.25) is 5.15 Å². The van der Waals surface area contributed by atoms with Crippen molar-refractivity contribution >= 4 is 17.6 Å². The van der Waals surface area contributed by atoms with Crippen LogP contribution in [-0.2, 0) is 0 Å². The van der Waals surface area contributed by atoms with Crippen molar-refractivity contribution in [1.82, 2.24) is 4.98 Å². The number of nitrogens with zero attached hydrogens (tertiary/aromatic N) is 1. The molecule has 0 bridgehead atoms. The second-order valence-electron chi connectivity index (χ2n) is 2.34. The number of halogens is 1. The van der Waals surface area contributed by atoms with E-state index in [9.17, 15) is 4.79 Å². The molecular weight excluding hydrogens is 210 g/mol. The van der Waals surface area contributed by atoms with Gasteiger partial charge in [-0.2, -0.15) is 0 Å². The zero-order chi connectivity index (χ0) is 10.7. The van der Waals surface area contributed by atoms with Crippen LogP contribution in [0.5, 0.6) is 11.5 Å². The number of aromatic carboxylic acids is 1. The summed E-state index contributed by atoms with van der Waals surface area (Å²) in [7, 11) is 2.78. The van der Waals surface area contributed by atoms with Gasteiger partial charge in [0.15, 0.2) is 22.3 Å². The topological polar surface area (TPSA) is 68.7 Å². The molecule has 0 fully saturated rings. The number of aromatic nitrogens is 1. The molecule has 0 saturated heterocycles. The van der Waals surface area contributed by atoms with Crippen LogP contribution in [0.1, 0.15) is 10.5 Å². The molecule has 14 heavy (non-hydrogen) atoms. The Balaban J connectivity index is 3.31. The largest absolute Gasteiger partial charge is 0.493 e. The Kier molecular flexibility index (Phi) is 3.14. The van der Waals surface area contributed by atoms with E-state index in [1.54, 1.807) is 0 Å². The predicted octanol–water partition coefficient (Wildman–Crippen LogP) is 1.45. The maximum absolute atomic E-state index is 10.6. The Morgan fingerprint density at radius 2 is 2.14 bits per heavy atom. The molecule has 0 aromatic carbocycles. The van der Waals surface area contributed by atoms with E-state index in [-0.39, 0.29) is 22.3 Å². The van der Waals surface area contributed by atoms with Gasteiger partial charge in [-0.05, 0) is 0 Å². The van der Waals surface area contributed by atoms with Crippen LogP contribution in [0, 0.1) is 0 Å². The first-order chi connectivity index (χ1) is 6.60. The van der Waals surface area contributed by atoms with Crippen molar-refractivity contribution in [2.75, 3.05) is 14.2 Å². The minimum absolute atomic E-state index is 0.0377. The van der Waals surface area contributed by atoms with Gasteiger partial charge in [0.2, 0.25) is 0 Å². The van der Waals surface area contributed by atoms with E-state index in [2.05, 4.69) is 4.98 Å². The van der Waals surface area contributed by atoms with Crippen LogP contribution in [0.25, 0.3) is 0 Å². The molecule has 1 heterocycles. The third-order valence-electron chi connectivity index (χ3n) is 1.54. The maximum atomic E-state index is 10.6. The van der Waals surface area contributed by atoms with Gasteiger partial charge in [0.05, 0.1) is 14.2 Å². The quantitative estimate of drug-likeness (QED) is 0.776. The second kappa shape index (κ2) is 4.15. The van der Waals surface area contributed by atoms with E-state index < -0.39 is 5.97 Å². The summed E-state index contributed by atoms with van der Waals surface area (Å²) >= 11 is 5.68. The molecule has 0 aliphatic rings. The maximum Gasteiger partial charge on any atom is 0.354 e. The Bertz CT molecular complexity index is 367. The van der Waals surface area contributed by atoms with Crippen molar-refractivity contribution in [2.24, 2.45) is 0 Å². The van der Waals surface area contributed by atoms with Crippen molar-refractivity contribution in [1.29, 1.82) is 0 Å². The highest BCUT2D eigenvalue weighted by atomic mass is 35.5. The number of methoxy groups -OCH3 is 2. The van der Waals surface area contributed by atoms with E-state index >= 15 is 0 Å². The summed E-state index contributed by atoms with van der Waals surface area (Å²) in [6, 6.07) is 1.24. The smallest absolute Gasteiger partial charge is 0.354 e. The Labute approximate surface area is 85.2 Å². The van der Waals surface area contributed by atoms with Crippen LogP contribution in [0.4, 0.5) is 0 Å². The molecule has 76 valence electrons. The number of carboxylic acids is 1. The summed E-state index contributed by atoms with van der Waals surface area (Å²) in [5, 5.41) is 8.64. The first kappa shape index (κ1) is 10.6. The summed E-state index contributed by atoms with van der Waals surface area (Å²) in [6.45, 7) is 0. The number of carboxylic acid groups (broad SMARTS) is 1. The molecule has 0 aliphatic heterocycles. The first-order valence-corrected chi connectivity index (χ1v) is 3.99. The summed E-state index contributed by atoms with van der Waals surface area (Å²) in [6.07, 6.45) is 0. The number of pyridine rings is 1. The second-order valence-corrected chi connectivity index (χ2v) is 2.70. The van der Waals surface area contributed by atoms with Gasteiger partial charge in [-0.1, -0.05) is 11.6 Å². The van der Waals surface area contributed by atoms with E-state index in [1.165, 1.54) is 20.3 Å². The van der Waals surface area contributed by atoms with E-state index in [0.717, 1.165) is 0 Å². The highest BCUT2D eigenvalue weighted by Gasteiger charge is 2.15. The van der Waals surface area contributed by atoms with Crippen molar-refractivity contribution in [3.8, 4) is 11.5 Å². The Hall–Kier alpha value is -1.49. The third-order valence-corrected chi connectivity index (χ3v) is 1.80. The molecule has 0 atom stereocenters. The minimum atomic E-state index is -1.17. The fourth-order valence-electron chi connectivity index (χ4n) is 0.926. The van der Waals surface area contributed by atoms with Gasteiger partial charge in [0, 0.05) is 6.07 Å². The van der Waals surface area contributed by atoms with E-state index in [1.807, 2.05) is 0 Å². The normalized spacial score (nSPS) is 9.64. The average molecular weight is 218 g/mol. The van der Waals surface area contributed by atoms with Crippen LogP contribution < -0.4 is 9.47 Å². The lowest BCUT2D eigenvalue weighted by molar-refractivity contribution is 0.0690. The van der Waals surface area contributed by atoms with Gasteiger partial charge >= 0.3 is 5.97 Å². The Morgan fingerprint density at radius 3 is 2.57 bits per heavy atom. The minimum Gasteiger partial charge on any atom is -0.493 e. The van der Waals surface area contributed by atoms with Gasteiger partial charge in [-0.3, -0.25) is 0 Å². The highest BCUT2D eigenvalue weighted by molar-refractivity contribution is 6.31. The van der Waals surface area contributed by atoms with Gasteiger partial charge in [0.25, 0.3) is 0 Å². The molecule has 1 rings (SSSR count). The van der Waals surface area contributed by atoms with Gasteiger partial charge < -0.3 is 14.6 Å². The predicted molar refractivity (Wildman–Crippen MR) is 49.3 cm³/mol. The van der Waals surface area contributed by atoms with Gasteiger partial charge in [-0.25, -0.2) is 9.78 Å². The number of hydrogen-bond donors (Lipinski definition) is 1. The summed E-state index contributed by atoms with van der Waals surface area (Å²) < 4.78 is 9.78. The summed E-state index contributed by atoms with van der Waals surface area (Å²) in [5.41, 5.74) is -0.187. The van der Waals surface area contributed by atoms with Crippen molar-refractivity contribution < 1.29 is 19.4 Å². The van der Waals surface area contributed by atoms with Crippen molar-refractivity contribution in [3.63, 3.8) is 0 Å². The fraction of sp³-hybridized carbons (Fsp3) is 0.250. The van der Waals surface area contributed by atoms with Gasteiger partial charge in [-0.15, -0.1) is 0 Å². The lowest BCUT2D eigenvalue weighted by Gasteiger charge is -2.08. The molecule has 0 saturated carbocycles. The number of rotatable bonds is 3. The van der Waals surface area contributed by atoms with Crippen molar-refractivity contribution in [2.45, 2.75) is 0 Å². The molecule has 0 unspecified atom stereocenters. The molecule has 1 aromatic heterocycles. The molecule has 0 amide bonds. The standard InChI is InChI=1S/C8H8ClNO4/c1-13-5-3-4(8(11)12)10-7(9)6(5)14-2/h3H,1-2H3,(H,11,12). The van der Waals surface area contributed by atoms with E-state index in [4.69, 9.17) is 26.2 Å². The number of ether oxygens (including phenoxy) is 2. The van der Waals surface area contributed by atoms with Crippen LogP contribution in [0.3, 0.4) is 0 Å². The molecule has 0 spiro atoms. The molecule has 5 nitrogen and oxygen atoms in total. The number of hydrogen-bond acceptors (Lipinski definition) is 4. The molecule has 1 N–H and O–H groups in total. The van der Waals surface area contributed by atoms with Gasteiger partial charge in [0.1, 0.15) is 0 Å².